The number of aliphatic hydroxyl groups is 1. The highest BCUT2D eigenvalue weighted by Gasteiger charge is 2.67. The summed E-state index contributed by atoms with van der Waals surface area (Å²) in [6.45, 7) is 8.52. The smallest absolute Gasteiger partial charge is 0.311 e. The van der Waals surface area contributed by atoms with Crippen molar-refractivity contribution in [2.45, 2.75) is 68.7 Å². The topological polar surface area (TPSA) is 78.1 Å². The SMILES string of the molecule is C[C@]12O[C@@H]1CC[C@@]1(C)O[C@@H]1[C@H]1OC(=O)[C@@H](CN3CCN(c4ccccc4)CC3)[C@@H]1C[C@H]2O. The summed E-state index contributed by atoms with van der Waals surface area (Å²) >= 11 is 0. The number of ether oxygens (including phenoxy) is 3. The van der Waals surface area contributed by atoms with Gasteiger partial charge >= 0.3 is 5.97 Å². The van der Waals surface area contributed by atoms with Gasteiger partial charge in [0.1, 0.15) is 17.8 Å². The van der Waals surface area contributed by atoms with Crippen molar-refractivity contribution in [3.8, 4) is 0 Å². The first-order valence-electron chi connectivity index (χ1n) is 12.1. The van der Waals surface area contributed by atoms with E-state index in [2.05, 4.69) is 41.0 Å². The van der Waals surface area contributed by atoms with Gasteiger partial charge < -0.3 is 24.2 Å². The molecule has 1 aromatic carbocycles. The lowest BCUT2D eigenvalue weighted by molar-refractivity contribution is -0.145. The molecule has 0 radical (unpaired) electrons. The van der Waals surface area contributed by atoms with Crippen LogP contribution < -0.4 is 4.90 Å². The summed E-state index contributed by atoms with van der Waals surface area (Å²) in [4.78, 5) is 17.8. The van der Waals surface area contributed by atoms with Gasteiger partial charge in [-0.15, -0.1) is 0 Å². The molecule has 1 N–H and O–H groups in total. The Morgan fingerprint density at radius 2 is 1.84 bits per heavy atom. The van der Waals surface area contributed by atoms with Crippen molar-refractivity contribution in [1.82, 2.24) is 4.90 Å². The van der Waals surface area contributed by atoms with Gasteiger partial charge in [-0.25, -0.2) is 0 Å². The summed E-state index contributed by atoms with van der Waals surface area (Å²) in [5, 5.41) is 11.0. The molecule has 1 aromatic rings. The van der Waals surface area contributed by atoms with E-state index in [9.17, 15) is 9.90 Å². The number of rotatable bonds is 3. The van der Waals surface area contributed by atoms with Crippen LogP contribution in [0.4, 0.5) is 5.69 Å². The lowest BCUT2D eigenvalue weighted by Gasteiger charge is -2.37. The number of carbonyl (C=O) groups excluding carboxylic acids is 1. The molecule has 7 heteroatoms. The lowest BCUT2D eigenvalue weighted by atomic mass is 9.77. The molecule has 7 nitrogen and oxygen atoms in total. The highest BCUT2D eigenvalue weighted by atomic mass is 16.7. The Balaban J connectivity index is 1.16. The van der Waals surface area contributed by atoms with Crippen LogP contribution in [0.1, 0.15) is 33.1 Å². The zero-order chi connectivity index (χ0) is 22.1. The molecule has 6 rings (SSSR count). The summed E-state index contributed by atoms with van der Waals surface area (Å²) in [6.07, 6.45) is 1.43. The average Bonchev–Trinajstić information content (AvgIpc) is 3.65. The van der Waals surface area contributed by atoms with Gasteiger partial charge in [-0.2, -0.15) is 0 Å². The monoisotopic (exact) mass is 442 g/mol. The number of nitrogens with zero attached hydrogens (tertiary/aromatic N) is 2. The molecule has 5 aliphatic rings. The maximum absolute atomic E-state index is 13.0. The van der Waals surface area contributed by atoms with Crippen molar-refractivity contribution in [2.24, 2.45) is 11.8 Å². The number of epoxide rings is 2. The molecule has 0 amide bonds. The molecule has 1 saturated carbocycles. The Morgan fingerprint density at radius 3 is 2.59 bits per heavy atom. The van der Waals surface area contributed by atoms with Crippen molar-refractivity contribution in [1.29, 1.82) is 0 Å². The van der Waals surface area contributed by atoms with Crippen LogP contribution in [0.3, 0.4) is 0 Å². The van der Waals surface area contributed by atoms with E-state index in [-0.39, 0.29) is 41.7 Å². The standard InChI is InChI=1S/C25H34N2O5/c1-24-9-8-20-25(2,31-20)19(28)14-17-18(23(29)30-21(17)22(24)32-24)15-26-10-12-27(13-11-26)16-6-4-3-5-7-16/h3-7,17-22,28H,8-15H2,1-2H3/t17-,18-,19+,20+,21-,22+,24+,25+/m0/s1. The Morgan fingerprint density at radius 1 is 1.09 bits per heavy atom. The maximum atomic E-state index is 13.0. The summed E-state index contributed by atoms with van der Waals surface area (Å²) in [5.74, 6) is -0.406. The second kappa shape index (κ2) is 7.42. The summed E-state index contributed by atoms with van der Waals surface area (Å²) in [7, 11) is 0. The summed E-state index contributed by atoms with van der Waals surface area (Å²) < 4.78 is 18.0. The number of esters is 1. The van der Waals surface area contributed by atoms with Gasteiger partial charge in [0.25, 0.3) is 0 Å². The minimum Gasteiger partial charge on any atom is -0.459 e. The van der Waals surface area contributed by atoms with E-state index in [0.717, 1.165) is 39.0 Å². The highest BCUT2D eigenvalue weighted by molar-refractivity contribution is 5.76. The first kappa shape index (κ1) is 20.9. The van der Waals surface area contributed by atoms with Crippen LogP contribution in [-0.2, 0) is 19.0 Å². The van der Waals surface area contributed by atoms with E-state index >= 15 is 0 Å². The predicted octanol–water partition coefficient (Wildman–Crippen LogP) is 1.83. The van der Waals surface area contributed by atoms with Gasteiger partial charge in [-0.05, 0) is 45.2 Å². The molecule has 4 saturated heterocycles. The molecule has 0 spiro atoms. The number of fused-ring (bicyclic) bond motifs is 4. The second-order valence-corrected chi connectivity index (χ2v) is 10.7. The Labute approximate surface area is 189 Å². The number of para-hydroxylation sites is 1. The number of hydrogen-bond acceptors (Lipinski definition) is 7. The molecule has 174 valence electrons. The van der Waals surface area contributed by atoms with Crippen LogP contribution in [0.25, 0.3) is 0 Å². The number of piperazine rings is 1. The van der Waals surface area contributed by atoms with Crippen molar-refractivity contribution in [3.05, 3.63) is 30.3 Å². The van der Waals surface area contributed by atoms with Crippen LogP contribution >= 0.6 is 0 Å². The quantitative estimate of drug-likeness (QED) is 0.565. The normalized spacial score (nSPS) is 46.0. The fraction of sp³-hybridized carbons (Fsp3) is 0.720. The van der Waals surface area contributed by atoms with Gasteiger partial charge in [-0.3, -0.25) is 9.69 Å². The summed E-state index contributed by atoms with van der Waals surface area (Å²) in [5.41, 5.74) is 0.509. The van der Waals surface area contributed by atoms with Crippen LogP contribution in [0.15, 0.2) is 30.3 Å². The minimum absolute atomic E-state index is 0.0451. The zero-order valence-electron chi connectivity index (χ0n) is 19.0. The number of anilines is 1. The number of benzene rings is 1. The zero-order valence-corrected chi connectivity index (χ0v) is 19.0. The van der Waals surface area contributed by atoms with Crippen molar-refractivity contribution in [2.75, 3.05) is 37.6 Å². The Bertz CT molecular complexity index is 874. The molecule has 0 aromatic heterocycles. The maximum Gasteiger partial charge on any atom is 0.311 e. The molecular weight excluding hydrogens is 408 g/mol. The van der Waals surface area contributed by atoms with Crippen molar-refractivity contribution < 1.29 is 24.1 Å². The molecule has 32 heavy (non-hydrogen) atoms. The Kier molecular flexibility index (Phi) is 4.85. The van der Waals surface area contributed by atoms with Crippen molar-refractivity contribution in [3.63, 3.8) is 0 Å². The van der Waals surface area contributed by atoms with Gasteiger partial charge in [0.05, 0.1) is 23.7 Å². The molecule has 0 unspecified atom stereocenters. The van der Waals surface area contributed by atoms with Gasteiger partial charge in [0.2, 0.25) is 0 Å². The van der Waals surface area contributed by atoms with Crippen molar-refractivity contribution >= 4 is 11.7 Å². The van der Waals surface area contributed by atoms with E-state index in [1.807, 2.05) is 13.0 Å². The molecular formula is C25H34N2O5. The fourth-order valence-corrected chi connectivity index (χ4v) is 6.31. The number of aliphatic hydroxyl groups excluding tert-OH is 1. The highest BCUT2D eigenvalue weighted by Crippen LogP contribution is 2.54. The molecule has 8 atom stereocenters. The fourth-order valence-electron chi connectivity index (χ4n) is 6.31. The third-order valence-electron chi connectivity index (χ3n) is 8.72. The molecule has 4 aliphatic heterocycles. The first-order chi connectivity index (χ1) is 15.4. The van der Waals surface area contributed by atoms with Gasteiger partial charge in [0.15, 0.2) is 0 Å². The number of carbonyl (C=O) groups is 1. The third kappa shape index (κ3) is 3.45. The lowest BCUT2D eigenvalue weighted by Crippen LogP contribution is -2.49. The molecule has 1 aliphatic carbocycles. The largest absolute Gasteiger partial charge is 0.459 e. The Hall–Kier alpha value is -1.67. The molecule has 4 heterocycles. The van der Waals surface area contributed by atoms with E-state index in [1.54, 1.807) is 0 Å². The molecule has 0 bridgehead atoms. The van der Waals surface area contributed by atoms with Crippen LogP contribution in [-0.4, -0.2) is 84.3 Å². The van der Waals surface area contributed by atoms with Crippen LogP contribution in [0, 0.1) is 11.8 Å². The van der Waals surface area contributed by atoms with Crippen LogP contribution in [0.2, 0.25) is 0 Å². The second-order valence-electron chi connectivity index (χ2n) is 10.7. The van der Waals surface area contributed by atoms with E-state index in [4.69, 9.17) is 14.2 Å². The van der Waals surface area contributed by atoms with Gasteiger partial charge in [-0.1, -0.05) is 18.2 Å². The molecule has 5 fully saturated rings. The minimum atomic E-state index is -0.588. The predicted molar refractivity (Wildman–Crippen MR) is 118 cm³/mol. The van der Waals surface area contributed by atoms with E-state index in [1.165, 1.54) is 5.69 Å². The van der Waals surface area contributed by atoms with Crippen LogP contribution in [0.5, 0.6) is 0 Å². The summed E-state index contributed by atoms with van der Waals surface area (Å²) in [6, 6.07) is 10.5. The average molecular weight is 443 g/mol. The van der Waals surface area contributed by atoms with E-state index < -0.39 is 11.7 Å². The number of hydrogen-bond donors (Lipinski definition) is 1. The van der Waals surface area contributed by atoms with E-state index in [0.29, 0.717) is 13.0 Å². The first-order valence-corrected chi connectivity index (χ1v) is 12.1. The third-order valence-corrected chi connectivity index (χ3v) is 8.72. The van der Waals surface area contributed by atoms with Gasteiger partial charge in [0, 0.05) is 44.3 Å².